The van der Waals surface area contributed by atoms with Crippen LogP contribution < -0.4 is 20.1 Å². The zero-order valence-electron chi connectivity index (χ0n) is 18.3. The van der Waals surface area contributed by atoms with E-state index in [-0.39, 0.29) is 11.8 Å². The molecule has 0 atom stereocenters. The summed E-state index contributed by atoms with van der Waals surface area (Å²) < 4.78 is 11.3. The van der Waals surface area contributed by atoms with Crippen molar-refractivity contribution in [3.63, 3.8) is 0 Å². The molecule has 0 aliphatic rings. The van der Waals surface area contributed by atoms with Crippen molar-refractivity contribution in [1.82, 2.24) is 15.0 Å². The molecule has 0 spiro atoms. The van der Waals surface area contributed by atoms with Crippen LogP contribution in [-0.4, -0.2) is 33.9 Å². The Hall–Kier alpha value is -4.97. The van der Waals surface area contributed by atoms with Crippen LogP contribution in [0.2, 0.25) is 0 Å². The average Bonchev–Trinajstić information content (AvgIpc) is 2.85. The molecule has 4 aromatic rings. The summed E-state index contributed by atoms with van der Waals surface area (Å²) in [7, 11) is 1.49. The minimum absolute atomic E-state index is 0.274. The topological polar surface area (TPSA) is 115 Å². The van der Waals surface area contributed by atoms with E-state index in [2.05, 4.69) is 37.4 Å². The largest absolute Gasteiger partial charge is 0.494 e. The summed E-state index contributed by atoms with van der Waals surface area (Å²) >= 11 is 0. The maximum atomic E-state index is 12.4. The van der Waals surface area contributed by atoms with Crippen molar-refractivity contribution in [1.29, 1.82) is 0 Å². The first-order valence-corrected chi connectivity index (χ1v) is 10.1. The zero-order chi connectivity index (χ0) is 23.9. The van der Waals surface area contributed by atoms with Gasteiger partial charge in [0.25, 0.3) is 11.8 Å². The fraction of sp³-hybridized carbons (Fsp3) is 0.0800. The molecule has 2 aromatic heterocycles. The van der Waals surface area contributed by atoms with Crippen LogP contribution in [-0.2, 0) is 4.79 Å². The van der Waals surface area contributed by atoms with Crippen molar-refractivity contribution >= 4 is 34.2 Å². The van der Waals surface area contributed by atoms with Crippen LogP contribution in [0.25, 0.3) is 10.9 Å². The summed E-state index contributed by atoms with van der Waals surface area (Å²) in [6, 6.07) is 15.2. The Morgan fingerprint density at radius 3 is 2.50 bits per heavy atom. The van der Waals surface area contributed by atoms with Crippen LogP contribution in [0.1, 0.15) is 17.3 Å². The van der Waals surface area contributed by atoms with Crippen LogP contribution in [0.5, 0.6) is 17.4 Å². The lowest BCUT2D eigenvalue weighted by Gasteiger charge is -2.12. The van der Waals surface area contributed by atoms with Gasteiger partial charge in [0.15, 0.2) is 0 Å². The Morgan fingerprint density at radius 1 is 0.971 bits per heavy atom. The molecule has 2 amide bonds. The predicted molar refractivity (Wildman–Crippen MR) is 127 cm³/mol. The van der Waals surface area contributed by atoms with Gasteiger partial charge in [-0.25, -0.2) is 15.0 Å². The van der Waals surface area contributed by atoms with E-state index >= 15 is 0 Å². The maximum absolute atomic E-state index is 12.4. The molecule has 4 rings (SSSR count). The number of methoxy groups -OCH3 is 1. The highest BCUT2D eigenvalue weighted by Gasteiger charge is 2.14. The number of rotatable bonds is 6. The molecule has 0 unspecified atom stereocenters. The van der Waals surface area contributed by atoms with Crippen LogP contribution >= 0.6 is 0 Å². The minimum Gasteiger partial charge on any atom is -0.494 e. The van der Waals surface area contributed by atoms with Crippen LogP contribution in [0.15, 0.2) is 67.1 Å². The van der Waals surface area contributed by atoms with Crippen molar-refractivity contribution in [2.75, 3.05) is 17.7 Å². The number of hydrogen-bond acceptors (Lipinski definition) is 7. The van der Waals surface area contributed by atoms with Gasteiger partial charge in [-0.1, -0.05) is 12.0 Å². The van der Waals surface area contributed by atoms with Crippen LogP contribution in [0.4, 0.5) is 11.5 Å². The summed E-state index contributed by atoms with van der Waals surface area (Å²) in [6.07, 6.45) is 2.97. The molecule has 9 nitrogen and oxygen atoms in total. The highest BCUT2D eigenvalue weighted by Crippen LogP contribution is 2.34. The minimum atomic E-state index is -0.473. The summed E-state index contributed by atoms with van der Waals surface area (Å²) in [6.45, 7) is 1.57. The van der Waals surface area contributed by atoms with Crippen molar-refractivity contribution in [3.05, 3.63) is 72.7 Å². The van der Waals surface area contributed by atoms with Crippen molar-refractivity contribution < 1.29 is 19.1 Å². The number of nitrogens with zero attached hydrogens (tertiary/aromatic N) is 3. The third-order valence-electron chi connectivity index (χ3n) is 4.64. The van der Waals surface area contributed by atoms with Gasteiger partial charge in [-0.05, 0) is 55.3 Å². The van der Waals surface area contributed by atoms with E-state index in [4.69, 9.17) is 9.47 Å². The first-order valence-electron chi connectivity index (χ1n) is 10.1. The van der Waals surface area contributed by atoms with Gasteiger partial charge in [0.05, 0.1) is 23.7 Å². The molecule has 0 fully saturated rings. The number of fused-ring (bicyclic) bond motifs is 1. The highest BCUT2D eigenvalue weighted by atomic mass is 16.5. The molecule has 34 heavy (non-hydrogen) atoms. The van der Waals surface area contributed by atoms with Gasteiger partial charge < -0.3 is 20.1 Å². The standard InChI is InChI=1S/C25H19N5O4/c1-3-6-23(31)29-20-13-18-19(14-21(20)33-2)27-15-28-25(18)34-17-10-8-16(9-11-17)24(32)30-22-7-4-5-12-26-22/h4-5,7-15H,1-2H3,(H,29,31)(H,26,30,32). The Labute approximate surface area is 195 Å². The Bertz CT molecular complexity index is 1410. The van der Waals surface area contributed by atoms with Crippen molar-refractivity contribution in [2.24, 2.45) is 0 Å². The second kappa shape index (κ2) is 10.1. The van der Waals surface area contributed by atoms with Crippen molar-refractivity contribution in [2.45, 2.75) is 6.92 Å². The van der Waals surface area contributed by atoms with Gasteiger partial charge in [0.2, 0.25) is 5.88 Å². The smallest absolute Gasteiger partial charge is 0.300 e. The third-order valence-corrected chi connectivity index (χ3v) is 4.64. The lowest BCUT2D eigenvalue weighted by molar-refractivity contribution is -0.111. The summed E-state index contributed by atoms with van der Waals surface area (Å²) in [4.78, 5) is 36.9. The fourth-order valence-electron chi connectivity index (χ4n) is 3.09. The molecule has 2 heterocycles. The van der Waals surface area contributed by atoms with Crippen LogP contribution in [0, 0.1) is 11.8 Å². The summed E-state index contributed by atoms with van der Waals surface area (Å²) in [5.41, 5.74) is 1.41. The Morgan fingerprint density at radius 2 is 1.79 bits per heavy atom. The highest BCUT2D eigenvalue weighted by molar-refractivity contribution is 6.06. The molecule has 0 aliphatic heterocycles. The summed E-state index contributed by atoms with van der Waals surface area (Å²) in [5, 5.41) is 5.97. The lowest BCUT2D eigenvalue weighted by atomic mass is 10.2. The second-order valence-electron chi connectivity index (χ2n) is 6.87. The van der Waals surface area contributed by atoms with E-state index in [9.17, 15) is 9.59 Å². The Kier molecular flexibility index (Phi) is 6.60. The van der Waals surface area contributed by atoms with Gasteiger partial charge in [-0.15, -0.1) is 0 Å². The van der Waals surface area contributed by atoms with E-state index in [0.29, 0.717) is 39.5 Å². The molecular formula is C25H19N5O4. The Balaban J connectivity index is 1.58. The molecule has 168 valence electrons. The van der Waals surface area contributed by atoms with Gasteiger partial charge in [-0.3, -0.25) is 9.59 Å². The number of pyridine rings is 1. The number of ether oxygens (including phenoxy) is 2. The van der Waals surface area contributed by atoms with E-state index < -0.39 is 5.91 Å². The maximum Gasteiger partial charge on any atom is 0.300 e. The number of aromatic nitrogens is 3. The fourth-order valence-corrected chi connectivity index (χ4v) is 3.09. The normalized spacial score (nSPS) is 10.1. The SMILES string of the molecule is CC#CC(=O)Nc1cc2c(Oc3ccc(C(=O)Nc4ccccn4)cc3)ncnc2cc1OC. The number of hydrogen-bond donors (Lipinski definition) is 2. The zero-order valence-corrected chi connectivity index (χ0v) is 18.3. The molecule has 0 radical (unpaired) electrons. The summed E-state index contributed by atoms with van der Waals surface area (Å²) in [5.74, 6) is 5.83. The monoisotopic (exact) mass is 453 g/mol. The second-order valence-corrected chi connectivity index (χ2v) is 6.87. The molecular weight excluding hydrogens is 434 g/mol. The van der Waals surface area contributed by atoms with Gasteiger partial charge in [0.1, 0.15) is 23.6 Å². The van der Waals surface area contributed by atoms with Gasteiger partial charge >= 0.3 is 0 Å². The average molecular weight is 453 g/mol. The molecule has 0 saturated carbocycles. The number of anilines is 2. The number of amides is 2. The van der Waals surface area contributed by atoms with Crippen LogP contribution in [0.3, 0.4) is 0 Å². The lowest BCUT2D eigenvalue weighted by Crippen LogP contribution is -2.12. The van der Waals surface area contributed by atoms with Gasteiger partial charge in [0, 0.05) is 17.8 Å². The number of carbonyl (C=O) groups excluding carboxylic acids is 2. The van der Waals surface area contributed by atoms with Gasteiger partial charge in [-0.2, -0.15) is 0 Å². The van der Waals surface area contributed by atoms with Crippen molar-refractivity contribution in [3.8, 4) is 29.2 Å². The van der Waals surface area contributed by atoms with E-state index in [1.165, 1.54) is 13.4 Å². The first-order chi connectivity index (χ1) is 16.6. The predicted octanol–water partition coefficient (Wildman–Crippen LogP) is 4.04. The third kappa shape index (κ3) is 5.08. The molecule has 2 aromatic carbocycles. The number of carbonyl (C=O) groups is 2. The molecule has 0 aliphatic carbocycles. The first kappa shape index (κ1) is 22.2. The number of benzene rings is 2. The molecule has 9 heteroatoms. The van der Waals surface area contributed by atoms with E-state index in [0.717, 1.165) is 0 Å². The molecule has 2 N–H and O–H groups in total. The molecule has 0 saturated heterocycles. The molecule has 0 bridgehead atoms. The number of nitrogens with one attached hydrogen (secondary N) is 2. The quantitative estimate of drug-likeness (QED) is 0.423. The van der Waals surface area contributed by atoms with E-state index in [1.807, 2.05) is 0 Å². The van der Waals surface area contributed by atoms with E-state index in [1.54, 1.807) is 67.7 Å².